The van der Waals surface area contributed by atoms with Crippen molar-refractivity contribution in [2.75, 3.05) is 0 Å². The second kappa shape index (κ2) is 4.27. The summed E-state index contributed by atoms with van der Waals surface area (Å²) in [5.74, 6) is 0.562. The maximum absolute atomic E-state index is 5.78. The van der Waals surface area contributed by atoms with Gasteiger partial charge in [-0.15, -0.1) is 0 Å². The van der Waals surface area contributed by atoms with Crippen molar-refractivity contribution in [1.82, 2.24) is 0 Å². The molecule has 0 unspecified atom stereocenters. The van der Waals surface area contributed by atoms with Gasteiger partial charge >= 0.3 is 0 Å². The van der Waals surface area contributed by atoms with Crippen LogP contribution in [0.5, 0.6) is 0 Å². The van der Waals surface area contributed by atoms with Crippen LogP contribution in [0.15, 0.2) is 30.3 Å². The van der Waals surface area contributed by atoms with Gasteiger partial charge in [-0.1, -0.05) is 37.3 Å². The Morgan fingerprint density at radius 3 is 2.25 bits per heavy atom. The third-order valence-corrected chi connectivity index (χ3v) is 2.30. The first-order valence-corrected chi connectivity index (χ1v) is 4.49. The Morgan fingerprint density at radius 2 is 1.75 bits per heavy atom. The fourth-order valence-electron chi connectivity index (χ4n) is 1.17. The lowest BCUT2D eigenvalue weighted by molar-refractivity contribution is 0.482. The van der Waals surface area contributed by atoms with Crippen LogP contribution in [0.25, 0.3) is 0 Å². The summed E-state index contributed by atoms with van der Waals surface area (Å²) in [4.78, 5) is 0. The molecule has 66 valence electrons. The van der Waals surface area contributed by atoms with E-state index < -0.39 is 0 Å². The van der Waals surface area contributed by atoms with E-state index in [1.54, 1.807) is 0 Å². The van der Waals surface area contributed by atoms with Crippen molar-refractivity contribution in [3.8, 4) is 0 Å². The summed E-state index contributed by atoms with van der Waals surface area (Å²) < 4.78 is 0. The molecule has 1 rings (SSSR count). The highest BCUT2D eigenvalue weighted by atomic mass is 14.6. The molecule has 0 aliphatic carbocycles. The van der Waals surface area contributed by atoms with Crippen LogP contribution in [-0.4, -0.2) is 6.04 Å². The van der Waals surface area contributed by atoms with Crippen LogP contribution in [0.1, 0.15) is 19.4 Å². The molecule has 0 saturated carbocycles. The normalized spacial score (nSPS) is 15.6. The first kappa shape index (κ1) is 9.27. The third-order valence-electron chi connectivity index (χ3n) is 2.30. The Balaban J connectivity index is 2.53. The van der Waals surface area contributed by atoms with E-state index in [0.717, 1.165) is 6.42 Å². The Kier molecular flexibility index (Phi) is 3.30. The van der Waals surface area contributed by atoms with Crippen molar-refractivity contribution in [2.24, 2.45) is 11.7 Å². The minimum atomic E-state index is 0.283. The first-order valence-electron chi connectivity index (χ1n) is 4.49. The second-order valence-electron chi connectivity index (χ2n) is 3.53. The average Bonchev–Trinajstić information content (AvgIpc) is 2.06. The number of rotatable bonds is 3. The van der Waals surface area contributed by atoms with Gasteiger partial charge in [0.15, 0.2) is 0 Å². The first-order chi connectivity index (χ1) is 5.70. The molecule has 0 amide bonds. The van der Waals surface area contributed by atoms with Crippen LogP contribution in [0, 0.1) is 5.92 Å². The lowest BCUT2D eigenvalue weighted by atomic mass is 9.96. The molecule has 0 aliphatic heterocycles. The highest BCUT2D eigenvalue weighted by Gasteiger charge is 2.07. The molecule has 0 aliphatic rings. The van der Waals surface area contributed by atoms with Crippen molar-refractivity contribution in [1.29, 1.82) is 0 Å². The van der Waals surface area contributed by atoms with Gasteiger partial charge in [0.1, 0.15) is 0 Å². The summed E-state index contributed by atoms with van der Waals surface area (Å²) in [6, 6.07) is 10.8. The topological polar surface area (TPSA) is 26.0 Å². The van der Waals surface area contributed by atoms with Crippen molar-refractivity contribution < 1.29 is 0 Å². The molecule has 1 aromatic carbocycles. The Hall–Kier alpha value is -0.820. The number of benzene rings is 1. The minimum absolute atomic E-state index is 0.283. The van der Waals surface area contributed by atoms with E-state index in [9.17, 15) is 0 Å². The van der Waals surface area contributed by atoms with Crippen LogP contribution >= 0.6 is 0 Å². The summed E-state index contributed by atoms with van der Waals surface area (Å²) in [5.41, 5.74) is 7.16. The van der Waals surface area contributed by atoms with Crippen molar-refractivity contribution >= 4 is 0 Å². The Bertz CT molecular complexity index is 216. The summed E-state index contributed by atoms with van der Waals surface area (Å²) in [5, 5.41) is 0. The quantitative estimate of drug-likeness (QED) is 0.726. The minimum Gasteiger partial charge on any atom is -0.328 e. The molecular weight excluding hydrogens is 146 g/mol. The van der Waals surface area contributed by atoms with E-state index >= 15 is 0 Å². The van der Waals surface area contributed by atoms with Crippen molar-refractivity contribution in [3.63, 3.8) is 0 Å². The predicted octanol–water partition coefficient (Wildman–Crippen LogP) is 2.21. The highest BCUT2D eigenvalue weighted by molar-refractivity contribution is 5.15. The molecule has 0 heterocycles. The summed E-state index contributed by atoms with van der Waals surface area (Å²) >= 11 is 0. The molecule has 2 N–H and O–H groups in total. The number of nitrogens with two attached hydrogens (primary N) is 1. The molecule has 0 saturated heterocycles. The molecular formula is C11H17N. The van der Waals surface area contributed by atoms with E-state index in [4.69, 9.17) is 5.73 Å². The summed E-state index contributed by atoms with van der Waals surface area (Å²) in [7, 11) is 0. The van der Waals surface area contributed by atoms with Gasteiger partial charge < -0.3 is 5.73 Å². The molecule has 0 aromatic heterocycles. The van der Waals surface area contributed by atoms with Crippen LogP contribution in [0.2, 0.25) is 0 Å². The van der Waals surface area contributed by atoms with Gasteiger partial charge in [-0.25, -0.2) is 0 Å². The SMILES string of the molecule is C[C@H](N)[C@@H](C)Cc1ccccc1. The zero-order valence-electron chi connectivity index (χ0n) is 7.83. The van der Waals surface area contributed by atoms with Crippen molar-refractivity contribution in [2.45, 2.75) is 26.3 Å². The van der Waals surface area contributed by atoms with Gasteiger partial charge in [0, 0.05) is 6.04 Å². The van der Waals surface area contributed by atoms with Gasteiger partial charge in [0.05, 0.1) is 0 Å². The zero-order chi connectivity index (χ0) is 8.97. The monoisotopic (exact) mass is 163 g/mol. The van der Waals surface area contributed by atoms with E-state index in [0.29, 0.717) is 5.92 Å². The lowest BCUT2D eigenvalue weighted by Crippen LogP contribution is -2.25. The molecule has 0 fully saturated rings. The van der Waals surface area contributed by atoms with Crippen LogP contribution < -0.4 is 5.73 Å². The lowest BCUT2D eigenvalue weighted by Gasteiger charge is -2.14. The fraction of sp³-hybridized carbons (Fsp3) is 0.455. The molecule has 0 radical (unpaired) electrons. The van der Waals surface area contributed by atoms with Gasteiger partial charge in [-0.05, 0) is 24.8 Å². The highest BCUT2D eigenvalue weighted by Crippen LogP contribution is 2.09. The van der Waals surface area contributed by atoms with Gasteiger partial charge in [0.2, 0.25) is 0 Å². The Morgan fingerprint density at radius 1 is 1.17 bits per heavy atom. The smallest absolute Gasteiger partial charge is 0.00393 e. The molecule has 12 heavy (non-hydrogen) atoms. The zero-order valence-corrected chi connectivity index (χ0v) is 7.83. The van der Waals surface area contributed by atoms with Gasteiger partial charge in [0.25, 0.3) is 0 Å². The predicted molar refractivity (Wildman–Crippen MR) is 53.0 cm³/mol. The second-order valence-corrected chi connectivity index (χ2v) is 3.53. The van der Waals surface area contributed by atoms with Crippen molar-refractivity contribution in [3.05, 3.63) is 35.9 Å². The molecule has 0 bridgehead atoms. The maximum Gasteiger partial charge on any atom is 0.00393 e. The van der Waals surface area contributed by atoms with Gasteiger partial charge in [-0.2, -0.15) is 0 Å². The molecule has 2 atom stereocenters. The fourth-order valence-corrected chi connectivity index (χ4v) is 1.17. The Labute approximate surface area is 74.6 Å². The van der Waals surface area contributed by atoms with E-state index in [1.165, 1.54) is 5.56 Å². The van der Waals surface area contributed by atoms with Crippen LogP contribution in [0.4, 0.5) is 0 Å². The molecule has 1 heteroatoms. The standard InChI is InChI=1S/C11H17N/c1-9(10(2)12)8-11-6-4-3-5-7-11/h3-7,9-10H,8,12H2,1-2H3/t9-,10-/m0/s1. The largest absolute Gasteiger partial charge is 0.328 e. The van der Waals surface area contributed by atoms with E-state index in [-0.39, 0.29) is 6.04 Å². The average molecular weight is 163 g/mol. The molecule has 1 nitrogen and oxygen atoms in total. The summed E-state index contributed by atoms with van der Waals surface area (Å²) in [6.07, 6.45) is 1.08. The number of hydrogen-bond donors (Lipinski definition) is 1. The maximum atomic E-state index is 5.78. The third kappa shape index (κ3) is 2.67. The van der Waals surface area contributed by atoms with Crippen LogP contribution in [-0.2, 0) is 6.42 Å². The molecule has 1 aromatic rings. The van der Waals surface area contributed by atoms with E-state index in [2.05, 4.69) is 38.1 Å². The van der Waals surface area contributed by atoms with Gasteiger partial charge in [-0.3, -0.25) is 0 Å². The van der Waals surface area contributed by atoms with Crippen LogP contribution in [0.3, 0.4) is 0 Å². The number of hydrogen-bond acceptors (Lipinski definition) is 1. The van der Waals surface area contributed by atoms with E-state index in [1.807, 2.05) is 6.07 Å². The summed E-state index contributed by atoms with van der Waals surface area (Å²) in [6.45, 7) is 4.26. The molecule has 0 spiro atoms.